The van der Waals surface area contributed by atoms with Crippen molar-refractivity contribution in [1.29, 1.82) is 0 Å². The van der Waals surface area contributed by atoms with Crippen molar-refractivity contribution in [3.05, 3.63) is 33.8 Å². The van der Waals surface area contributed by atoms with E-state index in [1.807, 2.05) is 0 Å². The van der Waals surface area contributed by atoms with Crippen LogP contribution in [0.1, 0.15) is 55.7 Å². The zero-order valence-electron chi connectivity index (χ0n) is 11.1. The summed E-state index contributed by atoms with van der Waals surface area (Å²) in [5, 5.41) is 0. The maximum Gasteiger partial charge on any atom is 0.0491 e. The SMILES string of the molecule is Cc1c(Br)cccc1C(NN)C1CCCCCC1. The predicted molar refractivity (Wildman–Crippen MR) is 80.1 cm³/mol. The molecule has 0 bridgehead atoms. The molecule has 2 nitrogen and oxygen atoms in total. The molecule has 1 saturated carbocycles. The van der Waals surface area contributed by atoms with Crippen LogP contribution in [0.25, 0.3) is 0 Å². The summed E-state index contributed by atoms with van der Waals surface area (Å²) in [4.78, 5) is 0. The van der Waals surface area contributed by atoms with Crippen LogP contribution in [0.4, 0.5) is 0 Å². The van der Waals surface area contributed by atoms with E-state index in [2.05, 4.69) is 46.5 Å². The Morgan fingerprint density at radius 2 is 1.89 bits per heavy atom. The molecule has 18 heavy (non-hydrogen) atoms. The van der Waals surface area contributed by atoms with E-state index in [1.165, 1.54) is 54.1 Å². The standard InChI is InChI=1S/C15H23BrN2/c1-11-13(9-6-10-14(11)16)15(18-17)12-7-4-2-3-5-8-12/h6,9-10,12,15,18H,2-5,7-8,17H2,1H3. The van der Waals surface area contributed by atoms with E-state index < -0.39 is 0 Å². The van der Waals surface area contributed by atoms with E-state index >= 15 is 0 Å². The molecule has 3 N–H and O–H groups in total. The van der Waals surface area contributed by atoms with Crippen molar-refractivity contribution in [2.75, 3.05) is 0 Å². The zero-order valence-corrected chi connectivity index (χ0v) is 12.7. The predicted octanol–water partition coefficient (Wildman–Crippen LogP) is 4.23. The summed E-state index contributed by atoms with van der Waals surface area (Å²) < 4.78 is 1.17. The van der Waals surface area contributed by atoms with Gasteiger partial charge in [-0.1, -0.05) is 53.7 Å². The van der Waals surface area contributed by atoms with Crippen molar-refractivity contribution in [1.82, 2.24) is 5.43 Å². The highest BCUT2D eigenvalue weighted by atomic mass is 79.9. The third-order valence-electron chi connectivity index (χ3n) is 4.20. The smallest absolute Gasteiger partial charge is 0.0491 e. The van der Waals surface area contributed by atoms with Gasteiger partial charge in [0, 0.05) is 10.5 Å². The summed E-state index contributed by atoms with van der Waals surface area (Å²) >= 11 is 3.61. The van der Waals surface area contributed by atoms with Crippen LogP contribution < -0.4 is 11.3 Å². The molecule has 2 rings (SSSR count). The maximum absolute atomic E-state index is 5.84. The monoisotopic (exact) mass is 310 g/mol. The number of nitrogens with one attached hydrogen (secondary N) is 1. The number of nitrogens with two attached hydrogens (primary N) is 1. The third-order valence-corrected chi connectivity index (χ3v) is 5.05. The lowest BCUT2D eigenvalue weighted by Gasteiger charge is -2.27. The average Bonchev–Trinajstić information content (AvgIpc) is 2.64. The van der Waals surface area contributed by atoms with Crippen LogP contribution in [-0.2, 0) is 0 Å². The summed E-state index contributed by atoms with van der Waals surface area (Å²) in [7, 11) is 0. The van der Waals surface area contributed by atoms with Gasteiger partial charge in [0.25, 0.3) is 0 Å². The molecule has 1 aliphatic carbocycles. The van der Waals surface area contributed by atoms with Gasteiger partial charge in [-0.05, 0) is 42.9 Å². The second-order valence-corrected chi connectivity index (χ2v) is 6.20. The van der Waals surface area contributed by atoms with Gasteiger partial charge in [-0.2, -0.15) is 0 Å². The Bertz CT molecular complexity index is 384. The first-order valence-corrected chi connectivity index (χ1v) is 7.74. The molecule has 0 aromatic heterocycles. The van der Waals surface area contributed by atoms with Crippen molar-refractivity contribution in [2.45, 2.75) is 51.5 Å². The largest absolute Gasteiger partial charge is 0.271 e. The van der Waals surface area contributed by atoms with E-state index in [9.17, 15) is 0 Å². The van der Waals surface area contributed by atoms with Gasteiger partial charge in [0.1, 0.15) is 0 Å². The van der Waals surface area contributed by atoms with Gasteiger partial charge in [0.05, 0.1) is 0 Å². The Kier molecular flexibility index (Phi) is 5.22. The van der Waals surface area contributed by atoms with E-state index in [4.69, 9.17) is 5.84 Å². The molecule has 1 aliphatic rings. The normalized spacial score (nSPS) is 19.5. The average molecular weight is 311 g/mol. The van der Waals surface area contributed by atoms with Crippen molar-refractivity contribution in [3.8, 4) is 0 Å². The molecule has 0 heterocycles. The van der Waals surface area contributed by atoms with E-state index in [0.29, 0.717) is 12.0 Å². The van der Waals surface area contributed by atoms with Crippen LogP contribution in [0.15, 0.2) is 22.7 Å². The van der Waals surface area contributed by atoms with Crippen LogP contribution in [0.5, 0.6) is 0 Å². The van der Waals surface area contributed by atoms with Crippen molar-refractivity contribution in [2.24, 2.45) is 11.8 Å². The van der Waals surface area contributed by atoms with Crippen LogP contribution >= 0.6 is 15.9 Å². The first kappa shape index (κ1) is 14.0. The van der Waals surface area contributed by atoms with Crippen LogP contribution in [-0.4, -0.2) is 0 Å². The molecular weight excluding hydrogens is 288 g/mol. The lowest BCUT2D eigenvalue weighted by Crippen LogP contribution is -2.34. The number of rotatable bonds is 3. The third kappa shape index (κ3) is 3.14. The Labute approximate surface area is 118 Å². The highest BCUT2D eigenvalue weighted by Gasteiger charge is 2.24. The van der Waals surface area contributed by atoms with Crippen LogP contribution in [0, 0.1) is 12.8 Å². The highest BCUT2D eigenvalue weighted by molar-refractivity contribution is 9.10. The molecule has 1 aromatic rings. The number of halogens is 1. The molecule has 1 atom stereocenters. The summed E-state index contributed by atoms with van der Waals surface area (Å²) in [6, 6.07) is 6.70. The van der Waals surface area contributed by atoms with Gasteiger partial charge in [-0.25, -0.2) is 0 Å². The topological polar surface area (TPSA) is 38.0 Å². The second kappa shape index (κ2) is 6.69. The Balaban J connectivity index is 2.23. The van der Waals surface area contributed by atoms with Crippen molar-refractivity contribution >= 4 is 15.9 Å². The summed E-state index contributed by atoms with van der Waals surface area (Å²) in [5.74, 6) is 6.51. The number of hydrogen-bond acceptors (Lipinski definition) is 2. The fourth-order valence-corrected chi connectivity index (χ4v) is 3.47. The molecule has 0 aliphatic heterocycles. The molecule has 0 spiro atoms. The van der Waals surface area contributed by atoms with Crippen molar-refractivity contribution < 1.29 is 0 Å². The molecule has 3 heteroatoms. The van der Waals surface area contributed by atoms with Gasteiger partial charge >= 0.3 is 0 Å². The van der Waals surface area contributed by atoms with Gasteiger partial charge in [-0.3, -0.25) is 11.3 Å². The summed E-state index contributed by atoms with van der Waals surface area (Å²) in [6.07, 6.45) is 8.03. The molecule has 1 aromatic carbocycles. The molecule has 1 fully saturated rings. The highest BCUT2D eigenvalue weighted by Crippen LogP contribution is 2.35. The lowest BCUT2D eigenvalue weighted by atomic mass is 9.86. The molecule has 0 radical (unpaired) electrons. The minimum absolute atomic E-state index is 0.292. The fourth-order valence-electron chi connectivity index (χ4n) is 3.09. The lowest BCUT2D eigenvalue weighted by molar-refractivity contribution is 0.328. The van der Waals surface area contributed by atoms with Crippen LogP contribution in [0.2, 0.25) is 0 Å². The molecule has 100 valence electrons. The Morgan fingerprint density at radius 1 is 1.22 bits per heavy atom. The second-order valence-electron chi connectivity index (χ2n) is 5.35. The number of hydrazine groups is 1. The van der Waals surface area contributed by atoms with E-state index in [0.717, 1.165) is 0 Å². The molecule has 0 saturated heterocycles. The quantitative estimate of drug-likeness (QED) is 0.498. The summed E-state index contributed by atoms with van der Waals surface area (Å²) in [5.41, 5.74) is 5.72. The van der Waals surface area contributed by atoms with E-state index in [1.54, 1.807) is 0 Å². The number of hydrogen-bond donors (Lipinski definition) is 2. The Morgan fingerprint density at radius 3 is 2.50 bits per heavy atom. The van der Waals surface area contributed by atoms with Gasteiger partial charge in [0.15, 0.2) is 0 Å². The van der Waals surface area contributed by atoms with Crippen molar-refractivity contribution in [3.63, 3.8) is 0 Å². The Hall–Kier alpha value is -0.380. The first-order valence-electron chi connectivity index (χ1n) is 6.95. The summed E-state index contributed by atoms with van der Waals surface area (Å²) in [6.45, 7) is 2.17. The minimum atomic E-state index is 0.292. The van der Waals surface area contributed by atoms with Gasteiger partial charge in [0.2, 0.25) is 0 Å². The molecular formula is C15H23BrN2. The maximum atomic E-state index is 5.84. The minimum Gasteiger partial charge on any atom is -0.271 e. The van der Waals surface area contributed by atoms with Crippen LogP contribution in [0.3, 0.4) is 0 Å². The molecule has 0 amide bonds. The molecule has 1 unspecified atom stereocenters. The number of benzene rings is 1. The zero-order chi connectivity index (χ0) is 13.0. The van der Waals surface area contributed by atoms with Gasteiger partial charge < -0.3 is 0 Å². The fraction of sp³-hybridized carbons (Fsp3) is 0.600. The first-order chi connectivity index (χ1) is 8.74. The van der Waals surface area contributed by atoms with E-state index in [-0.39, 0.29) is 0 Å². The van der Waals surface area contributed by atoms with Gasteiger partial charge in [-0.15, -0.1) is 0 Å².